The summed E-state index contributed by atoms with van der Waals surface area (Å²) < 4.78 is 12.7. The highest BCUT2D eigenvalue weighted by Crippen LogP contribution is 2.37. The van der Waals surface area contributed by atoms with E-state index in [0.717, 1.165) is 26.5 Å². The van der Waals surface area contributed by atoms with Gasteiger partial charge >= 0.3 is 5.97 Å². The number of fused-ring (bicyclic) bond motifs is 1. The molecule has 0 spiro atoms. The minimum atomic E-state index is -0.577. The summed E-state index contributed by atoms with van der Waals surface area (Å²) in [7, 11) is 0. The van der Waals surface area contributed by atoms with E-state index in [1.54, 1.807) is 6.07 Å². The maximum absolute atomic E-state index is 12.3. The second-order valence-electron chi connectivity index (χ2n) is 9.02. The second kappa shape index (κ2) is 8.47. The highest BCUT2D eigenvalue weighted by atomic mass is 79.9. The number of aliphatic hydroxyl groups excluding tert-OH is 1. The van der Waals surface area contributed by atoms with Gasteiger partial charge in [-0.25, -0.2) is 0 Å². The molecule has 1 N–H and O–H groups in total. The van der Waals surface area contributed by atoms with Crippen LogP contribution in [0.1, 0.15) is 64.5 Å². The van der Waals surface area contributed by atoms with Gasteiger partial charge in [0.25, 0.3) is 0 Å². The number of rotatable bonds is 5. The molecule has 2 aromatic rings. The Morgan fingerprint density at radius 2 is 1.86 bits per heavy atom. The molecule has 6 heteroatoms. The number of aliphatic hydroxyl groups is 1. The number of esters is 1. The lowest BCUT2D eigenvalue weighted by Gasteiger charge is -2.30. The molecule has 1 heterocycles. The van der Waals surface area contributed by atoms with Crippen molar-refractivity contribution < 1.29 is 19.4 Å². The van der Waals surface area contributed by atoms with E-state index in [0.29, 0.717) is 5.69 Å². The van der Waals surface area contributed by atoms with Gasteiger partial charge in [-0.1, -0.05) is 0 Å². The Labute approximate surface area is 175 Å². The lowest BCUT2D eigenvalue weighted by Crippen LogP contribution is -2.30. The van der Waals surface area contributed by atoms with Crippen molar-refractivity contribution in [3.05, 3.63) is 39.5 Å². The van der Waals surface area contributed by atoms with Gasteiger partial charge in [-0.15, -0.1) is 0 Å². The van der Waals surface area contributed by atoms with Crippen molar-refractivity contribution in [1.82, 2.24) is 4.98 Å². The Morgan fingerprint density at radius 3 is 2.39 bits per heavy atom. The van der Waals surface area contributed by atoms with Gasteiger partial charge in [0.05, 0.1) is 28.8 Å². The lowest BCUT2D eigenvalue weighted by atomic mass is 9.97. The molecule has 28 heavy (non-hydrogen) atoms. The molecule has 0 saturated heterocycles. The molecule has 0 unspecified atom stereocenters. The van der Waals surface area contributed by atoms with Crippen LogP contribution >= 0.6 is 15.9 Å². The van der Waals surface area contributed by atoms with Crippen LogP contribution in [-0.2, 0) is 20.9 Å². The Balaban J connectivity index is 2.49. The van der Waals surface area contributed by atoms with E-state index in [1.165, 1.54) is 0 Å². The van der Waals surface area contributed by atoms with E-state index in [1.807, 2.05) is 60.6 Å². The van der Waals surface area contributed by atoms with E-state index in [-0.39, 0.29) is 19.2 Å². The maximum atomic E-state index is 12.3. The third kappa shape index (κ3) is 5.52. The number of hydrogen-bond donors (Lipinski definition) is 1. The molecular weight excluding hydrogens is 422 g/mol. The molecular formula is C22H30BrNO4. The monoisotopic (exact) mass is 451 g/mol. The minimum absolute atomic E-state index is 0.104. The van der Waals surface area contributed by atoms with E-state index < -0.39 is 17.1 Å². The zero-order valence-electron chi connectivity index (χ0n) is 17.7. The van der Waals surface area contributed by atoms with Gasteiger partial charge in [-0.3, -0.25) is 9.78 Å². The summed E-state index contributed by atoms with van der Waals surface area (Å²) in [5, 5.41) is 10.3. The number of ether oxygens (including phenoxy) is 2. The van der Waals surface area contributed by atoms with Gasteiger partial charge in [0.15, 0.2) is 0 Å². The number of aryl methyl sites for hydroxylation is 1. The van der Waals surface area contributed by atoms with Crippen LogP contribution in [0.15, 0.2) is 22.7 Å². The molecule has 0 fully saturated rings. The molecule has 0 aliphatic heterocycles. The van der Waals surface area contributed by atoms with Crippen LogP contribution in [0.5, 0.6) is 0 Å². The average molecular weight is 452 g/mol. The number of aromatic nitrogens is 1. The molecule has 5 nitrogen and oxygen atoms in total. The summed E-state index contributed by atoms with van der Waals surface area (Å²) in [6.07, 6.45) is -0.428. The third-order valence-corrected chi connectivity index (χ3v) is 5.05. The van der Waals surface area contributed by atoms with Crippen molar-refractivity contribution in [2.24, 2.45) is 5.41 Å². The third-order valence-electron chi connectivity index (χ3n) is 4.19. The summed E-state index contributed by atoms with van der Waals surface area (Å²) in [5.74, 6) is -0.265. The summed E-state index contributed by atoms with van der Waals surface area (Å²) >= 11 is 3.71. The molecule has 0 amide bonds. The molecule has 1 atom stereocenters. The largest absolute Gasteiger partial charge is 0.462 e. The zero-order chi connectivity index (χ0) is 21.3. The lowest BCUT2D eigenvalue weighted by molar-refractivity contribution is -0.162. The summed E-state index contributed by atoms with van der Waals surface area (Å²) in [4.78, 5) is 16.8. The quantitative estimate of drug-likeness (QED) is 0.629. The molecule has 0 saturated carbocycles. The van der Waals surface area contributed by atoms with E-state index in [4.69, 9.17) is 9.47 Å². The van der Waals surface area contributed by atoms with Crippen LogP contribution < -0.4 is 0 Å². The standard InChI is InChI=1S/C22H30BrNO4/c1-13-10-16-15(9-8-14(11-25)24-16)19(23)18(13)17(28-22(5,6)7)12-27-20(26)21(2,3)4/h8-10,17,25H,11-12H2,1-7H3/t17-/m1/s1. The van der Waals surface area contributed by atoms with Gasteiger partial charge in [-0.05, 0) is 88.2 Å². The van der Waals surface area contributed by atoms with Gasteiger partial charge < -0.3 is 14.6 Å². The normalized spacial score (nSPS) is 13.6. The summed E-state index contributed by atoms with van der Waals surface area (Å²) in [5.41, 5.74) is 2.32. The van der Waals surface area contributed by atoms with Gasteiger partial charge in [0.1, 0.15) is 12.7 Å². The average Bonchev–Trinajstić information content (AvgIpc) is 2.56. The fourth-order valence-electron chi connectivity index (χ4n) is 2.87. The van der Waals surface area contributed by atoms with Crippen LogP contribution in [0.4, 0.5) is 0 Å². The van der Waals surface area contributed by atoms with Crippen molar-refractivity contribution in [3.8, 4) is 0 Å². The Morgan fingerprint density at radius 1 is 1.21 bits per heavy atom. The number of carbonyl (C=O) groups is 1. The van der Waals surface area contributed by atoms with E-state index in [2.05, 4.69) is 20.9 Å². The van der Waals surface area contributed by atoms with Crippen LogP contribution in [0.3, 0.4) is 0 Å². The summed E-state index contributed by atoms with van der Waals surface area (Å²) in [6, 6.07) is 5.70. The van der Waals surface area contributed by atoms with Gasteiger partial charge in [0.2, 0.25) is 0 Å². The number of carbonyl (C=O) groups excluding carboxylic acids is 1. The Kier molecular flexibility index (Phi) is 6.90. The van der Waals surface area contributed by atoms with E-state index >= 15 is 0 Å². The molecule has 1 aromatic heterocycles. The Hall–Kier alpha value is -1.50. The molecule has 0 radical (unpaired) electrons. The molecule has 0 bridgehead atoms. The highest BCUT2D eigenvalue weighted by Gasteiger charge is 2.29. The summed E-state index contributed by atoms with van der Waals surface area (Å²) in [6.45, 7) is 13.4. The maximum Gasteiger partial charge on any atom is 0.311 e. The molecule has 0 aliphatic rings. The molecule has 0 aliphatic carbocycles. The first kappa shape index (κ1) is 22.8. The van der Waals surface area contributed by atoms with Crippen LogP contribution in [-0.4, -0.2) is 28.3 Å². The molecule has 1 aromatic carbocycles. The van der Waals surface area contributed by atoms with Crippen molar-refractivity contribution in [2.75, 3.05) is 6.61 Å². The first-order valence-electron chi connectivity index (χ1n) is 9.38. The van der Waals surface area contributed by atoms with Crippen molar-refractivity contribution in [1.29, 1.82) is 0 Å². The fraction of sp³-hybridized carbons (Fsp3) is 0.545. The minimum Gasteiger partial charge on any atom is -0.462 e. The van der Waals surface area contributed by atoms with Gasteiger partial charge in [-0.2, -0.15) is 0 Å². The van der Waals surface area contributed by atoms with Gasteiger partial charge in [0, 0.05) is 15.4 Å². The number of nitrogens with zero attached hydrogens (tertiary/aromatic N) is 1. The predicted molar refractivity (Wildman–Crippen MR) is 114 cm³/mol. The smallest absolute Gasteiger partial charge is 0.311 e. The second-order valence-corrected chi connectivity index (χ2v) is 9.81. The number of benzene rings is 1. The SMILES string of the molecule is Cc1cc2nc(CO)ccc2c(Br)c1[C@@H](COC(=O)C(C)(C)C)OC(C)(C)C. The number of pyridine rings is 1. The number of hydrogen-bond acceptors (Lipinski definition) is 5. The number of halogens is 1. The fourth-order valence-corrected chi connectivity index (χ4v) is 3.77. The van der Waals surface area contributed by atoms with Crippen LogP contribution in [0.2, 0.25) is 0 Å². The first-order valence-corrected chi connectivity index (χ1v) is 10.2. The molecule has 154 valence electrons. The predicted octanol–water partition coefficient (Wildman–Crippen LogP) is 5.24. The van der Waals surface area contributed by atoms with Crippen molar-refractivity contribution in [3.63, 3.8) is 0 Å². The van der Waals surface area contributed by atoms with E-state index in [9.17, 15) is 9.90 Å². The van der Waals surface area contributed by atoms with Crippen molar-refractivity contribution in [2.45, 2.75) is 66.8 Å². The van der Waals surface area contributed by atoms with Crippen molar-refractivity contribution >= 4 is 32.8 Å². The highest BCUT2D eigenvalue weighted by molar-refractivity contribution is 9.10. The first-order chi connectivity index (χ1) is 12.8. The Bertz CT molecular complexity index is 865. The van der Waals surface area contributed by atoms with Crippen LogP contribution in [0, 0.1) is 12.3 Å². The zero-order valence-corrected chi connectivity index (χ0v) is 19.3. The molecule has 2 rings (SSSR count). The topological polar surface area (TPSA) is 68.7 Å². The van der Waals surface area contributed by atoms with Crippen LogP contribution in [0.25, 0.3) is 10.9 Å².